The highest BCUT2D eigenvalue weighted by atomic mass is 16.5. The smallest absolute Gasteiger partial charge is 0.338 e. The van der Waals surface area contributed by atoms with Crippen LogP contribution in [0.5, 0.6) is 5.75 Å². The Morgan fingerprint density at radius 1 is 1.12 bits per heavy atom. The number of hydrogen-bond acceptors (Lipinski definition) is 5. The number of amides is 1. The van der Waals surface area contributed by atoms with Gasteiger partial charge in [-0.05, 0) is 55.8 Å². The minimum atomic E-state index is -0.930. The summed E-state index contributed by atoms with van der Waals surface area (Å²) in [6, 6.07) is 13.9. The number of rotatable bonds is 8. The van der Waals surface area contributed by atoms with Gasteiger partial charge in [-0.15, -0.1) is 0 Å². The molecular weight excluding hydrogens is 334 g/mol. The van der Waals surface area contributed by atoms with Crippen LogP contribution >= 0.6 is 0 Å². The molecule has 0 saturated heterocycles. The molecule has 0 bridgehead atoms. The number of carbonyl (C=O) groups excluding carboxylic acids is 2. The first-order valence-corrected chi connectivity index (χ1v) is 8.36. The predicted octanol–water partition coefficient (Wildman–Crippen LogP) is 3.42. The van der Waals surface area contributed by atoms with Gasteiger partial charge in [-0.25, -0.2) is 4.79 Å². The third kappa shape index (κ3) is 5.60. The number of hydrogen-bond donors (Lipinski definition) is 1. The Kier molecular flexibility index (Phi) is 7.17. The molecule has 2 aromatic carbocycles. The van der Waals surface area contributed by atoms with Crippen LogP contribution in [0.1, 0.15) is 29.8 Å². The monoisotopic (exact) mass is 357 g/mol. The maximum atomic E-state index is 12.2. The predicted molar refractivity (Wildman–Crippen MR) is 98.3 cm³/mol. The molecular formula is C20H23NO5. The normalized spacial score (nSPS) is 11.5. The Labute approximate surface area is 153 Å². The van der Waals surface area contributed by atoms with Crippen LogP contribution in [0.2, 0.25) is 0 Å². The molecule has 1 N–H and O–H groups in total. The zero-order chi connectivity index (χ0) is 18.9. The minimum absolute atomic E-state index is 0.375. The number of nitrogens with one attached hydrogen (secondary N) is 1. The number of carbonyl (C=O) groups is 2. The number of benzene rings is 2. The van der Waals surface area contributed by atoms with E-state index in [1.165, 1.54) is 6.92 Å². The molecule has 0 aliphatic carbocycles. The lowest BCUT2D eigenvalue weighted by Gasteiger charge is -2.14. The molecule has 6 nitrogen and oxygen atoms in total. The summed E-state index contributed by atoms with van der Waals surface area (Å²) in [5.41, 5.74) is 1.83. The molecule has 0 unspecified atom stereocenters. The summed E-state index contributed by atoms with van der Waals surface area (Å²) in [6.07, 6.45) is -0.930. The first-order valence-electron chi connectivity index (χ1n) is 8.36. The Morgan fingerprint density at radius 3 is 2.50 bits per heavy atom. The third-order valence-corrected chi connectivity index (χ3v) is 3.56. The first kappa shape index (κ1) is 19.5. The average molecular weight is 357 g/mol. The SMILES string of the molecule is CCOc1ccc(NC(=O)[C@H](C)OC(=O)c2cccc(COC)c2)cc1. The standard InChI is InChI=1S/C20H23NO5/c1-4-25-18-10-8-17(9-11-18)21-19(22)14(2)26-20(23)16-7-5-6-15(12-16)13-24-3/h5-12,14H,4,13H2,1-3H3,(H,21,22)/t14-/m0/s1. The van der Waals surface area contributed by atoms with Crippen LogP contribution in [0.4, 0.5) is 5.69 Å². The second-order valence-electron chi connectivity index (χ2n) is 5.63. The molecule has 0 spiro atoms. The van der Waals surface area contributed by atoms with Crippen molar-refractivity contribution in [3.05, 3.63) is 59.7 Å². The Morgan fingerprint density at radius 2 is 1.85 bits per heavy atom. The fourth-order valence-corrected chi connectivity index (χ4v) is 2.28. The average Bonchev–Trinajstić information content (AvgIpc) is 2.64. The highest BCUT2D eigenvalue weighted by molar-refractivity contribution is 5.97. The van der Waals surface area contributed by atoms with Gasteiger partial charge in [0.25, 0.3) is 5.91 Å². The van der Waals surface area contributed by atoms with Crippen LogP contribution in [-0.2, 0) is 20.9 Å². The van der Waals surface area contributed by atoms with E-state index in [0.29, 0.717) is 24.5 Å². The number of methoxy groups -OCH3 is 1. The molecule has 6 heteroatoms. The molecule has 0 aromatic heterocycles. The largest absolute Gasteiger partial charge is 0.494 e. The van der Waals surface area contributed by atoms with Crippen LogP contribution in [0.15, 0.2) is 48.5 Å². The van der Waals surface area contributed by atoms with Crippen LogP contribution in [0, 0.1) is 0 Å². The van der Waals surface area contributed by atoms with Crippen molar-refractivity contribution in [1.82, 2.24) is 0 Å². The van der Waals surface area contributed by atoms with E-state index in [4.69, 9.17) is 14.2 Å². The molecule has 0 saturated carbocycles. The zero-order valence-corrected chi connectivity index (χ0v) is 15.2. The fraction of sp³-hybridized carbons (Fsp3) is 0.300. The first-order chi connectivity index (χ1) is 12.5. The lowest BCUT2D eigenvalue weighted by Crippen LogP contribution is -2.30. The molecule has 2 rings (SSSR count). The van der Waals surface area contributed by atoms with Crippen molar-refractivity contribution in [2.24, 2.45) is 0 Å². The molecule has 0 fully saturated rings. The molecule has 0 heterocycles. The summed E-state index contributed by atoms with van der Waals surface area (Å²) in [7, 11) is 1.58. The van der Waals surface area contributed by atoms with Crippen molar-refractivity contribution in [2.45, 2.75) is 26.6 Å². The van der Waals surface area contributed by atoms with E-state index in [2.05, 4.69) is 5.32 Å². The van der Waals surface area contributed by atoms with Crippen LogP contribution in [0.25, 0.3) is 0 Å². The molecule has 0 aliphatic heterocycles. The van der Waals surface area contributed by atoms with Crippen molar-refractivity contribution in [1.29, 1.82) is 0 Å². The van der Waals surface area contributed by atoms with Crippen molar-refractivity contribution in [3.63, 3.8) is 0 Å². The van der Waals surface area contributed by atoms with Gasteiger partial charge < -0.3 is 19.5 Å². The molecule has 1 amide bonds. The van der Waals surface area contributed by atoms with Crippen molar-refractivity contribution in [2.75, 3.05) is 19.0 Å². The van der Waals surface area contributed by atoms with Crippen molar-refractivity contribution in [3.8, 4) is 5.75 Å². The molecule has 0 aliphatic rings. The van der Waals surface area contributed by atoms with Gasteiger partial charge in [-0.3, -0.25) is 4.79 Å². The quantitative estimate of drug-likeness (QED) is 0.733. The summed E-state index contributed by atoms with van der Waals surface area (Å²) >= 11 is 0. The van der Waals surface area contributed by atoms with E-state index in [-0.39, 0.29) is 0 Å². The lowest BCUT2D eigenvalue weighted by atomic mass is 10.1. The topological polar surface area (TPSA) is 73.9 Å². The number of anilines is 1. The van der Waals surface area contributed by atoms with E-state index in [0.717, 1.165) is 11.3 Å². The van der Waals surface area contributed by atoms with Crippen LogP contribution in [0.3, 0.4) is 0 Å². The Hall–Kier alpha value is -2.86. The van der Waals surface area contributed by atoms with Gasteiger partial charge in [0.05, 0.1) is 18.8 Å². The Balaban J connectivity index is 1.93. The van der Waals surface area contributed by atoms with Crippen LogP contribution in [-0.4, -0.2) is 31.7 Å². The highest BCUT2D eigenvalue weighted by Crippen LogP contribution is 2.16. The van der Waals surface area contributed by atoms with Gasteiger partial charge in [0.1, 0.15) is 5.75 Å². The summed E-state index contributed by atoms with van der Waals surface area (Å²) in [5, 5.41) is 2.71. The van der Waals surface area contributed by atoms with E-state index < -0.39 is 18.0 Å². The number of esters is 1. The van der Waals surface area contributed by atoms with E-state index in [9.17, 15) is 9.59 Å². The molecule has 26 heavy (non-hydrogen) atoms. The second kappa shape index (κ2) is 9.58. The van der Waals surface area contributed by atoms with Gasteiger partial charge >= 0.3 is 5.97 Å². The Bertz CT molecular complexity index is 742. The summed E-state index contributed by atoms with van der Waals surface area (Å²) in [5.74, 6) is -0.242. The van der Waals surface area contributed by atoms with E-state index in [1.807, 2.05) is 13.0 Å². The van der Waals surface area contributed by atoms with Crippen LogP contribution < -0.4 is 10.1 Å². The lowest BCUT2D eigenvalue weighted by molar-refractivity contribution is -0.123. The summed E-state index contributed by atoms with van der Waals surface area (Å²) in [6.45, 7) is 4.40. The zero-order valence-electron chi connectivity index (χ0n) is 15.2. The van der Waals surface area contributed by atoms with E-state index >= 15 is 0 Å². The van der Waals surface area contributed by atoms with Gasteiger partial charge in [0.15, 0.2) is 6.10 Å². The second-order valence-corrected chi connectivity index (χ2v) is 5.63. The molecule has 0 radical (unpaired) electrons. The molecule has 138 valence electrons. The van der Waals surface area contributed by atoms with Gasteiger partial charge in [-0.2, -0.15) is 0 Å². The van der Waals surface area contributed by atoms with Crippen molar-refractivity contribution >= 4 is 17.6 Å². The van der Waals surface area contributed by atoms with E-state index in [1.54, 1.807) is 49.6 Å². The fourth-order valence-electron chi connectivity index (χ4n) is 2.28. The molecule has 1 atom stereocenters. The minimum Gasteiger partial charge on any atom is -0.494 e. The summed E-state index contributed by atoms with van der Waals surface area (Å²) < 4.78 is 15.6. The number of ether oxygens (including phenoxy) is 3. The molecule has 2 aromatic rings. The van der Waals surface area contributed by atoms with Crippen molar-refractivity contribution < 1.29 is 23.8 Å². The summed E-state index contributed by atoms with van der Waals surface area (Å²) in [4.78, 5) is 24.4. The maximum absolute atomic E-state index is 12.2. The highest BCUT2D eigenvalue weighted by Gasteiger charge is 2.19. The van der Waals surface area contributed by atoms with Gasteiger partial charge in [0, 0.05) is 12.8 Å². The maximum Gasteiger partial charge on any atom is 0.338 e. The third-order valence-electron chi connectivity index (χ3n) is 3.56. The van der Waals surface area contributed by atoms with Gasteiger partial charge in [0.2, 0.25) is 0 Å². The van der Waals surface area contributed by atoms with Gasteiger partial charge in [-0.1, -0.05) is 12.1 Å².